The molecule has 0 unspecified atom stereocenters. The Morgan fingerprint density at radius 3 is 2.94 bits per heavy atom. The quantitative estimate of drug-likeness (QED) is 0.752. The van der Waals surface area contributed by atoms with E-state index < -0.39 is 0 Å². The summed E-state index contributed by atoms with van der Waals surface area (Å²) in [5.41, 5.74) is 0.276. The van der Waals surface area contributed by atoms with Crippen molar-refractivity contribution >= 4 is 16.9 Å². The second-order valence-corrected chi connectivity index (χ2v) is 6.01. The van der Waals surface area contributed by atoms with Gasteiger partial charge in [0.1, 0.15) is 0 Å². The van der Waals surface area contributed by atoms with Crippen LogP contribution < -0.4 is 5.32 Å². The molecule has 4 nitrogen and oxygen atoms in total. The fraction of sp³-hybridized carbons (Fsp3) is 0.923. The van der Waals surface area contributed by atoms with E-state index in [1.165, 1.54) is 6.42 Å². The Labute approximate surface area is 114 Å². The number of unbranched alkanes of at least 4 members (excludes halogenated alkanes) is 2. The van der Waals surface area contributed by atoms with Gasteiger partial charge in [0.25, 0.3) is 0 Å². The predicted molar refractivity (Wildman–Crippen MR) is 76.4 cm³/mol. The first-order valence-electron chi connectivity index (χ1n) is 6.87. The summed E-state index contributed by atoms with van der Waals surface area (Å²) in [6.07, 6.45) is 5.74. The van der Waals surface area contributed by atoms with E-state index in [1.54, 1.807) is 7.11 Å². The lowest BCUT2D eigenvalue weighted by atomic mass is 9.93. The monoisotopic (exact) mass is 272 g/mol. The first-order valence-corrected chi connectivity index (χ1v) is 7.85. The largest absolute Gasteiger partial charge is 0.385 e. The van der Waals surface area contributed by atoms with Crippen molar-refractivity contribution in [1.82, 2.24) is 5.32 Å². The van der Waals surface area contributed by atoms with Crippen molar-refractivity contribution in [2.75, 3.05) is 39.2 Å². The van der Waals surface area contributed by atoms with Crippen LogP contribution in [0.4, 0.5) is 0 Å². The van der Waals surface area contributed by atoms with Gasteiger partial charge in [0.2, 0.25) is 0 Å². The molecule has 0 bridgehead atoms. The van der Waals surface area contributed by atoms with E-state index in [0.717, 1.165) is 63.0 Å². The number of rotatable bonds is 6. The van der Waals surface area contributed by atoms with Crippen LogP contribution in [-0.4, -0.2) is 49.9 Å². The SMILES string of the molecule is COCCCCCN=C1NC2(CCOCC2)CS1. The zero-order chi connectivity index (χ0) is 12.7. The number of nitrogens with one attached hydrogen (secondary N) is 1. The highest BCUT2D eigenvalue weighted by Gasteiger charge is 2.38. The maximum absolute atomic E-state index is 5.43. The number of thioether (sulfide) groups is 1. The van der Waals surface area contributed by atoms with Gasteiger partial charge in [-0.2, -0.15) is 0 Å². The average Bonchev–Trinajstić information content (AvgIpc) is 2.78. The van der Waals surface area contributed by atoms with Crippen molar-refractivity contribution < 1.29 is 9.47 Å². The number of nitrogens with zero attached hydrogens (tertiary/aromatic N) is 1. The summed E-state index contributed by atoms with van der Waals surface area (Å²) in [4.78, 5) is 4.66. The fourth-order valence-electron chi connectivity index (χ4n) is 2.34. The summed E-state index contributed by atoms with van der Waals surface area (Å²) in [6.45, 7) is 3.58. The van der Waals surface area contributed by atoms with E-state index in [9.17, 15) is 0 Å². The van der Waals surface area contributed by atoms with Gasteiger partial charge in [-0.15, -0.1) is 0 Å². The van der Waals surface area contributed by atoms with Gasteiger partial charge in [-0.1, -0.05) is 11.8 Å². The van der Waals surface area contributed by atoms with Gasteiger partial charge in [-0.25, -0.2) is 0 Å². The summed E-state index contributed by atoms with van der Waals surface area (Å²) in [7, 11) is 1.76. The molecular formula is C13H24N2O2S. The van der Waals surface area contributed by atoms with Gasteiger partial charge in [0, 0.05) is 39.2 Å². The van der Waals surface area contributed by atoms with Gasteiger partial charge in [-0.05, 0) is 32.1 Å². The van der Waals surface area contributed by atoms with E-state index in [-0.39, 0.29) is 5.54 Å². The minimum Gasteiger partial charge on any atom is -0.385 e. The molecule has 0 aromatic heterocycles. The minimum absolute atomic E-state index is 0.276. The lowest BCUT2D eigenvalue weighted by molar-refractivity contribution is 0.0555. The van der Waals surface area contributed by atoms with E-state index in [1.807, 2.05) is 11.8 Å². The molecule has 0 aromatic rings. The number of amidine groups is 1. The number of ether oxygens (including phenoxy) is 2. The van der Waals surface area contributed by atoms with Gasteiger partial charge in [-0.3, -0.25) is 4.99 Å². The first-order chi connectivity index (χ1) is 8.85. The van der Waals surface area contributed by atoms with Crippen LogP contribution in [0, 0.1) is 0 Å². The third kappa shape index (κ3) is 4.14. The molecule has 0 aliphatic carbocycles. The number of aliphatic imine (C=N–C) groups is 1. The standard InChI is InChI=1S/C13H24N2O2S/c1-16-8-4-2-3-7-14-12-15-13(11-18-12)5-9-17-10-6-13/h2-11H2,1H3,(H,14,15). The van der Waals surface area contributed by atoms with Crippen LogP contribution in [0.25, 0.3) is 0 Å². The Hall–Kier alpha value is -0.260. The predicted octanol–water partition coefficient (Wildman–Crippen LogP) is 2.04. The Morgan fingerprint density at radius 1 is 1.33 bits per heavy atom. The molecule has 2 fully saturated rings. The van der Waals surface area contributed by atoms with E-state index in [2.05, 4.69) is 10.3 Å². The normalized spacial score (nSPS) is 24.6. The number of hydrogen-bond donors (Lipinski definition) is 1. The van der Waals surface area contributed by atoms with E-state index in [0.29, 0.717) is 0 Å². The van der Waals surface area contributed by atoms with Crippen LogP contribution in [-0.2, 0) is 9.47 Å². The van der Waals surface area contributed by atoms with E-state index in [4.69, 9.17) is 9.47 Å². The molecule has 0 aromatic carbocycles. The topological polar surface area (TPSA) is 42.8 Å². The Bertz CT molecular complexity index is 278. The van der Waals surface area contributed by atoms with E-state index >= 15 is 0 Å². The molecule has 2 rings (SSSR count). The van der Waals surface area contributed by atoms with Gasteiger partial charge >= 0.3 is 0 Å². The molecule has 2 saturated heterocycles. The molecule has 2 heterocycles. The summed E-state index contributed by atoms with van der Waals surface area (Å²) >= 11 is 1.87. The molecule has 1 spiro atoms. The average molecular weight is 272 g/mol. The molecular weight excluding hydrogens is 248 g/mol. The smallest absolute Gasteiger partial charge is 0.157 e. The lowest BCUT2D eigenvalue weighted by Crippen LogP contribution is -2.48. The minimum atomic E-state index is 0.276. The molecule has 0 saturated carbocycles. The van der Waals surface area contributed by atoms with Crippen LogP contribution in [0.15, 0.2) is 4.99 Å². The summed E-state index contributed by atoms with van der Waals surface area (Å²) in [5, 5.41) is 4.76. The Kier molecular flexibility index (Phi) is 5.79. The highest BCUT2D eigenvalue weighted by Crippen LogP contribution is 2.31. The van der Waals surface area contributed by atoms with Crippen molar-refractivity contribution in [2.24, 2.45) is 4.99 Å². The molecule has 0 atom stereocenters. The number of hydrogen-bond acceptors (Lipinski definition) is 4. The maximum Gasteiger partial charge on any atom is 0.157 e. The van der Waals surface area contributed by atoms with Crippen molar-refractivity contribution in [3.63, 3.8) is 0 Å². The molecule has 5 heteroatoms. The van der Waals surface area contributed by atoms with Crippen molar-refractivity contribution in [3.05, 3.63) is 0 Å². The van der Waals surface area contributed by atoms with Crippen molar-refractivity contribution in [2.45, 2.75) is 37.6 Å². The summed E-state index contributed by atoms with van der Waals surface area (Å²) in [6, 6.07) is 0. The third-order valence-electron chi connectivity index (χ3n) is 3.57. The Balaban J connectivity index is 1.65. The van der Waals surface area contributed by atoms with Gasteiger partial charge in [0.05, 0.1) is 5.54 Å². The van der Waals surface area contributed by atoms with Crippen LogP contribution in [0.1, 0.15) is 32.1 Å². The summed E-state index contributed by atoms with van der Waals surface area (Å²) < 4.78 is 10.5. The van der Waals surface area contributed by atoms with Crippen LogP contribution in [0.3, 0.4) is 0 Å². The molecule has 0 amide bonds. The number of methoxy groups -OCH3 is 1. The highest BCUT2D eigenvalue weighted by atomic mass is 32.2. The van der Waals surface area contributed by atoms with Crippen LogP contribution in [0.5, 0.6) is 0 Å². The molecule has 18 heavy (non-hydrogen) atoms. The van der Waals surface area contributed by atoms with Crippen molar-refractivity contribution in [1.29, 1.82) is 0 Å². The van der Waals surface area contributed by atoms with Gasteiger partial charge < -0.3 is 14.8 Å². The summed E-state index contributed by atoms with van der Waals surface area (Å²) in [5.74, 6) is 1.15. The van der Waals surface area contributed by atoms with Crippen LogP contribution >= 0.6 is 11.8 Å². The second-order valence-electron chi connectivity index (χ2n) is 5.05. The van der Waals surface area contributed by atoms with Gasteiger partial charge in [0.15, 0.2) is 5.17 Å². The zero-order valence-electron chi connectivity index (χ0n) is 11.2. The Morgan fingerprint density at radius 2 is 2.17 bits per heavy atom. The zero-order valence-corrected chi connectivity index (χ0v) is 12.1. The maximum atomic E-state index is 5.43. The van der Waals surface area contributed by atoms with Crippen LogP contribution in [0.2, 0.25) is 0 Å². The van der Waals surface area contributed by atoms with Crippen molar-refractivity contribution in [3.8, 4) is 0 Å². The lowest BCUT2D eigenvalue weighted by Gasteiger charge is -2.32. The second kappa shape index (κ2) is 7.36. The molecule has 104 valence electrons. The molecule has 2 aliphatic rings. The third-order valence-corrected chi connectivity index (χ3v) is 4.77. The molecule has 2 aliphatic heterocycles. The fourth-order valence-corrected chi connectivity index (χ4v) is 3.58. The molecule has 1 N–H and O–H groups in total. The highest BCUT2D eigenvalue weighted by molar-refractivity contribution is 8.14. The molecule has 0 radical (unpaired) electrons. The first kappa shape index (κ1) is 14.2.